The number of urea groups is 1. The third kappa shape index (κ3) is 4.34. The Morgan fingerprint density at radius 2 is 1.83 bits per heavy atom. The summed E-state index contributed by atoms with van der Waals surface area (Å²) in [6.45, 7) is 5.03. The summed E-state index contributed by atoms with van der Waals surface area (Å²) in [6.07, 6.45) is 1.14. The highest BCUT2D eigenvalue weighted by molar-refractivity contribution is 6.07. The molecule has 1 N–H and O–H groups in total. The molecule has 9 heteroatoms. The number of hydrogen-bond acceptors (Lipinski definition) is 6. The van der Waals surface area contributed by atoms with Gasteiger partial charge in [-0.1, -0.05) is 31.2 Å². The molecule has 0 aromatic heterocycles. The quantitative estimate of drug-likeness (QED) is 0.595. The lowest BCUT2D eigenvalue weighted by molar-refractivity contribution is -0.140. The average Bonchev–Trinajstić information content (AvgIpc) is 3.47. The maximum absolute atomic E-state index is 13.6. The minimum atomic E-state index is -0.964. The average molecular weight is 494 g/mol. The Labute approximate surface area is 210 Å². The first-order valence-electron chi connectivity index (χ1n) is 12.4. The van der Waals surface area contributed by atoms with Crippen LogP contribution in [0.1, 0.15) is 38.7 Å². The Kier molecular flexibility index (Phi) is 6.47. The third-order valence-corrected chi connectivity index (χ3v) is 7.44. The Morgan fingerprint density at radius 1 is 1.11 bits per heavy atom. The van der Waals surface area contributed by atoms with Gasteiger partial charge in [0.15, 0.2) is 17.6 Å². The van der Waals surface area contributed by atoms with Crippen molar-refractivity contribution in [3.8, 4) is 17.2 Å². The van der Waals surface area contributed by atoms with Gasteiger partial charge in [0, 0.05) is 13.1 Å². The fraction of sp³-hybridized carbons (Fsp3) is 0.444. The van der Waals surface area contributed by atoms with Crippen LogP contribution >= 0.6 is 0 Å². The highest BCUT2D eigenvalue weighted by Gasteiger charge is 2.55. The molecule has 0 unspecified atom stereocenters. The van der Waals surface area contributed by atoms with Crippen LogP contribution in [-0.2, 0) is 16.1 Å². The number of rotatable bonds is 7. The van der Waals surface area contributed by atoms with Crippen LogP contribution < -0.4 is 19.5 Å². The SMILES string of the molecule is CC[C@@]1(C2CCN(C(=O)[C@H](C)Oc3ccccc3)CC2)NC(=O)N(Cc2ccc3c(c2)OCO3)C1=O. The van der Waals surface area contributed by atoms with Gasteiger partial charge in [-0.2, -0.15) is 0 Å². The number of imide groups is 1. The number of piperidine rings is 1. The number of benzene rings is 2. The van der Waals surface area contributed by atoms with Crippen LogP contribution in [0.2, 0.25) is 0 Å². The number of fused-ring (bicyclic) bond motifs is 1. The Morgan fingerprint density at radius 3 is 2.56 bits per heavy atom. The van der Waals surface area contributed by atoms with Gasteiger partial charge in [0.2, 0.25) is 6.79 Å². The standard InChI is InChI=1S/C27H31N3O6/c1-3-27(20-11-13-29(14-12-20)24(31)18(2)36-21-7-5-4-6-8-21)25(32)30(26(33)28-27)16-19-9-10-22-23(15-19)35-17-34-22/h4-10,15,18,20H,3,11-14,16-17H2,1-2H3,(H,28,33)/t18-,27-/m0/s1. The Balaban J connectivity index is 1.22. The van der Waals surface area contributed by atoms with E-state index in [1.54, 1.807) is 24.0 Å². The monoisotopic (exact) mass is 493 g/mol. The van der Waals surface area contributed by atoms with Crippen molar-refractivity contribution in [3.63, 3.8) is 0 Å². The summed E-state index contributed by atoms with van der Waals surface area (Å²) in [4.78, 5) is 42.6. The fourth-order valence-corrected chi connectivity index (χ4v) is 5.42. The smallest absolute Gasteiger partial charge is 0.325 e. The summed E-state index contributed by atoms with van der Waals surface area (Å²) in [6, 6.07) is 14.3. The van der Waals surface area contributed by atoms with Crippen molar-refractivity contribution in [2.24, 2.45) is 5.92 Å². The topological polar surface area (TPSA) is 97.4 Å². The molecule has 3 aliphatic heterocycles. The zero-order valence-corrected chi connectivity index (χ0v) is 20.6. The first-order chi connectivity index (χ1) is 17.4. The first-order valence-corrected chi connectivity index (χ1v) is 12.4. The molecular formula is C27H31N3O6. The summed E-state index contributed by atoms with van der Waals surface area (Å²) in [5.41, 5.74) is -0.170. The first kappa shape index (κ1) is 24.0. The zero-order chi connectivity index (χ0) is 25.3. The maximum Gasteiger partial charge on any atom is 0.325 e. The van der Waals surface area contributed by atoms with Gasteiger partial charge in [0.05, 0.1) is 6.54 Å². The van der Waals surface area contributed by atoms with Gasteiger partial charge in [-0.15, -0.1) is 0 Å². The van der Waals surface area contributed by atoms with Gasteiger partial charge in [0.25, 0.3) is 11.8 Å². The molecule has 2 aromatic rings. The van der Waals surface area contributed by atoms with E-state index in [1.807, 2.05) is 43.3 Å². The molecule has 5 rings (SSSR count). The summed E-state index contributed by atoms with van der Waals surface area (Å²) in [7, 11) is 0. The molecule has 0 bridgehead atoms. The minimum absolute atomic E-state index is 0.0601. The molecule has 3 aliphatic rings. The molecule has 0 aliphatic carbocycles. The highest BCUT2D eigenvalue weighted by atomic mass is 16.7. The number of ether oxygens (including phenoxy) is 3. The van der Waals surface area contributed by atoms with Gasteiger partial charge in [-0.05, 0) is 61.9 Å². The third-order valence-electron chi connectivity index (χ3n) is 7.44. The highest BCUT2D eigenvalue weighted by Crippen LogP contribution is 2.38. The summed E-state index contributed by atoms with van der Waals surface area (Å²) < 4.78 is 16.6. The van der Waals surface area contributed by atoms with E-state index < -0.39 is 11.6 Å². The molecular weight excluding hydrogens is 462 g/mol. The van der Waals surface area contributed by atoms with Crippen LogP contribution in [0.3, 0.4) is 0 Å². The van der Waals surface area contributed by atoms with E-state index in [9.17, 15) is 14.4 Å². The van der Waals surface area contributed by atoms with Crippen molar-refractivity contribution in [3.05, 3.63) is 54.1 Å². The van der Waals surface area contributed by atoms with Crippen LogP contribution in [-0.4, -0.2) is 59.2 Å². The largest absolute Gasteiger partial charge is 0.481 e. The van der Waals surface area contributed by atoms with Crippen LogP contribution in [0.25, 0.3) is 0 Å². The van der Waals surface area contributed by atoms with E-state index in [-0.39, 0.29) is 37.1 Å². The number of carbonyl (C=O) groups is 3. The fourth-order valence-electron chi connectivity index (χ4n) is 5.42. The second-order valence-corrected chi connectivity index (χ2v) is 9.51. The molecule has 3 heterocycles. The number of likely N-dealkylation sites (tertiary alicyclic amines) is 1. The molecule has 0 radical (unpaired) electrons. The van der Waals surface area contributed by atoms with Crippen molar-refractivity contribution in [2.75, 3.05) is 19.9 Å². The predicted octanol–water partition coefficient (Wildman–Crippen LogP) is 3.32. The molecule has 2 atom stereocenters. The van der Waals surface area contributed by atoms with Crippen molar-refractivity contribution in [1.29, 1.82) is 0 Å². The maximum atomic E-state index is 13.6. The number of nitrogens with zero attached hydrogens (tertiary/aromatic N) is 2. The van der Waals surface area contributed by atoms with Gasteiger partial charge in [0.1, 0.15) is 11.3 Å². The van der Waals surface area contributed by atoms with Crippen molar-refractivity contribution < 1.29 is 28.6 Å². The van der Waals surface area contributed by atoms with Gasteiger partial charge >= 0.3 is 6.03 Å². The van der Waals surface area contributed by atoms with Crippen LogP contribution in [0.4, 0.5) is 4.79 Å². The van der Waals surface area contributed by atoms with E-state index in [1.165, 1.54) is 4.90 Å². The minimum Gasteiger partial charge on any atom is -0.481 e. The van der Waals surface area contributed by atoms with Crippen molar-refractivity contribution in [2.45, 2.75) is 51.3 Å². The second-order valence-electron chi connectivity index (χ2n) is 9.51. The van der Waals surface area contributed by atoms with E-state index >= 15 is 0 Å². The Bertz CT molecular complexity index is 1150. The van der Waals surface area contributed by atoms with Gasteiger partial charge in [-0.25, -0.2) is 4.79 Å². The molecule has 0 spiro atoms. The number of hydrogen-bond donors (Lipinski definition) is 1. The lowest BCUT2D eigenvalue weighted by Crippen LogP contribution is -2.56. The summed E-state index contributed by atoms with van der Waals surface area (Å²) in [5.74, 6) is 1.58. The molecule has 2 aromatic carbocycles. The van der Waals surface area contributed by atoms with E-state index in [2.05, 4.69) is 5.32 Å². The number of amides is 4. The lowest BCUT2D eigenvalue weighted by atomic mass is 9.75. The van der Waals surface area contributed by atoms with Crippen molar-refractivity contribution >= 4 is 17.8 Å². The van der Waals surface area contributed by atoms with Crippen molar-refractivity contribution in [1.82, 2.24) is 15.1 Å². The molecule has 190 valence electrons. The lowest BCUT2D eigenvalue weighted by Gasteiger charge is -2.41. The molecule has 36 heavy (non-hydrogen) atoms. The predicted molar refractivity (Wildman–Crippen MR) is 131 cm³/mol. The van der Waals surface area contributed by atoms with E-state index in [0.29, 0.717) is 49.6 Å². The second kappa shape index (κ2) is 9.72. The number of carbonyl (C=O) groups excluding carboxylic acids is 3. The van der Waals surface area contributed by atoms with Crippen LogP contribution in [0, 0.1) is 5.92 Å². The molecule has 2 saturated heterocycles. The van der Waals surface area contributed by atoms with E-state index in [4.69, 9.17) is 14.2 Å². The summed E-state index contributed by atoms with van der Waals surface area (Å²) in [5, 5.41) is 3.01. The molecule has 2 fully saturated rings. The molecule has 9 nitrogen and oxygen atoms in total. The van der Waals surface area contributed by atoms with Gasteiger partial charge < -0.3 is 24.4 Å². The summed E-state index contributed by atoms with van der Waals surface area (Å²) >= 11 is 0. The molecule has 0 saturated carbocycles. The van der Waals surface area contributed by atoms with Crippen LogP contribution in [0.5, 0.6) is 17.2 Å². The van der Waals surface area contributed by atoms with E-state index in [0.717, 1.165) is 5.56 Å². The normalized spacial score (nSPS) is 22.5. The van der Waals surface area contributed by atoms with Gasteiger partial charge in [-0.3, -0.25) is 14.5 Å². The number of nitrogens with one attached hydrogen (secondary N) is 1. The zero-order valence-electron chi connectivity index (χ0n) is 20.6. The van der Waals surface area contributed by atoms with Crippen LogP contribution in [0.15, 0.2) is 48.5 Å². The molecule has 4 amide bonds. The Hall–Kier alpha value is -3.75. The number of para-hydroxylation sites is 1.